The Morgan fingerprint density at radius 3 is 2.17 bits per heavy atom. The number of rotatable bonds is 7. The van der Waals surface area contributed by atoms with Crippen molar-refractivity contribution in [1.29, 1.82) is 0 Å². The zero-order valence-electron chi connectivity index (χ0n) is 19.8. The first kappa shape index (κ1) is 25.8. The molecule has 0 aromatic heterocycles. The van der Waals surface area contributed by atoms with E-state index in [2.05, 4.69) is 10.6 Å². The lowest BCUT2D eigenvalue weighted by Gasteiger charge is -2.36. The second-order valence-electron chi connectivity index (χ2n) is 9.30. The fourth-order valence-electron chi connectivity index (χ4n) is 4.88. The van der Waals surface area contributed by atoms with Crippen molar-refractivity contribution in [2.75, 3.05) is 13.1 Å². The van der Waals surface area contributed by atoms with Crippen LogP contribution in [-0.2, 0) is 14.8 Å². The van der Waals surface area contributed by atoms with Crippen molar-refractivity contribution in [3.05, 3.63) is 70.3 Å². The van der Waals surface area contributed by atoms with Gasteiger partial charge in [0.25, 0.3) is 11.6 Å². The molecule has 0 spiro atoms. The van der Waals surface area contributed by atoms with Crippen LogP contribution in [0, 0.1) is 16.0 Å². The number of nitrogens with zero attached hydrogens (tertiary/aromatic N) is 2. The van der Waals surface area contributed by atoms with Crippen molar-refractivity contribution < 1.29 is 22.9 Å². The maximum atomic E-state index is 13.2. The molecule has 2 unspecified atom stereocenters. The number of benzene rings is 2. The van der Waals surface area contributed by atoms with Crippen LogP contribution in [0.2, 0.25) is 0 Å². The number of amides is 2. The van der Waals surface area contributed by atoms with Gasteiger partial charge in [-0.3, -0.25) is 19.7 Å². The van der Waals surface area contributed by atoms with E-state index in [9.17, 15) is 28.1 Å². The van der Waals surface area contributed by atoms with Gasteiger partial charge in [-0.15, -0.1) is 0 Å². The van der Waals surface area contributed by atoms with E-state index in [1.54, 1.807) is 24.3 Å². The van der Waals surface area contributed by atoms with Gasteiger partial charge >= 0.3 is 0 Å². The molecule has 2 N–H and O–H groups in total. The summed E-state index contributed by atoms with van der Waals surface area (Å²) >= 11 is 0. The molecule has 4 rings (SSSR count). The second-order valence-corrected chi connectivity index (χ2v) is 11.2. The predicted octanol–water partition coefficient (Wildman–Crippen LogP) is 2.85. The minimum Gasteiger partial charge on any atom is -0.351 e. The van der Waals surface area contributed by atoms with Gasteiger partial charge in [-0.2, -0.15) is 4.31 Å². The first-order valence-electron chi connectivity index (χ1n) is 12.2. The molecule has 10 nitrogen and oxygen atoms in total. The van der Waals surface area contributed by atoms with Gasteiger partial charge in [0.2, 0.25) is 15.9 Å². The van der Waals surface area contributed by atoms with Crippen molar-refractivity contribution in [3.63, 3.8) is 0 Å². The van der Waals surface area contributed by atoms with Gasteiger partial charge in [0, 0.05) is 42.9 Å². The SMILES string of the molecule is O=C(N[C@@H]1CCCCC1NC(=O)C1CCCN(S(=O)(=O)c2ccc([N+](=O)[O-])cc2)C1)c1ccccc1. The third kappa shape index (κ3) is 5.90. The van der Waals surface area contributed by atoms with Crippen LogP contribution in [0.5, 0.6) is 0 Å². The molecule has 2 amide bonds. The van der Waals surface area contributed by atoms with Gasteiger partial charge in [-0.25, -0.2) is 8.42 Å². The van der Waals surface area contributed by atoms with E-state index in [-0.39, 0.29) is 47.6 Å². The molecule has 2 aliphatic rings. The van der Waals surface area contributed by atoms with Gasteiger partial charge in [-0.05, 0) is 49.9 Å². The number of non-ortho nitro benzene ring substituents is 1. The Morgan fingerprint density at radius 1 is 0.889 bits per heavy atom. The van der Waals surface area contributed by atoms with E-state index < -0.39 is 20.9 Å². The fraction of sp³-hybridized carbons (Fsp3) is 0.440. The third-order valence-electron chi connectivity index (χ3n) is 6.89. The number of carbonyl (C=O) groups is 2. The molecule has 11 heteroatoms. The van der Waals surface area contributed by atoms with Gasteiger partial charge in [0.1, 0.15) is 0 Å². The highest BCUT2D eigenvalue weighted by Crippen LogP contribution is 2.26. The van der Waals surface area contributed by atoms with Crippen molar-refractivity contribution in [2.45, 2.75) is 55.5 Å². The molecular formula is C25H30N4O6S. The minimum absolute atomic E-state index is 0.0369. The predicted molar refractivity (Wildman–Crippen MR) is 133 cm³/mol. The Morgan fingerprint density at radius 2 is 1.53 bits per heavy atom. The minimum atomic E-state index is -3.89. The van der Waals surface area contributed by atoms with Crippen LogP contribution in [0.15, 0.2) is 59.5 Å². The Balaban J connectivity index is 1.40. The summed E-state index contributed by atoms with van der Waals surface area (Å²) in [5, 5.41) is 17.0. The summed E-state index contributed by atoms with van der Waals surface area (Å²) in [5.74, 6) is -0.914. The zero-order chi connectivity index (χ0) is 25.7. The van der Waals surface area contributed by atoms with Crippen LogP contribution in [0.4, 0.5) is 5.69 Å². The first-order valence-corrected chi connectivity index (χ1v) is 13.6. The van der Waals surface area contributed by atoms with Crippen molar-refractivity contribution in [3.8, 4) is 0 Å². The number of nitro benzene ring substituents is 1. The average molecular weight is 515 g/mol. The molecule has 192 valence electrons. The van der Waals surface area contributed by atoms with Gasteiger partial charge in [0.05, 0.1) is 15.7 Å². The molecule has 0 bridgehead atoms. The highest BCUT2D eigenvalue weighted by Gasteiger charge is 2.36. The van der Waals surface area contributed by atoms with E-state index in [1.807, 2.05) is 6.07 Å². The van der Waals surface area contributed by atoms with E-state index in [0.29, 0.717) is 18.4 Å². The van der Waals surface area contributed by atoms with Crippen LogP contribution in [-0.4, -0.2) is 54.6 Å². The molecule has 2 fully saturated rings. The van der Waals surface area contributed by atoms with Crippen LogP contribution in [0.1, 0.15) is 48.9 Å². The van der Waals surface area contributed by atoms with Crippen LogP contribution in [0.3, 0.4) is 0 Å². The topological polar surface area (TPSA) is 139 Å². The molecule has 36 heavy (non-hydrogen) atoms. The Bertz CT molecular complexity index is 1200. The van der Waals surface area contributed by atoms with E-state index in [4.69, 9.17) is 0 Å². The average Bonchev–Trinajstić information content (AvgIpc) is 2.90. The monoisotopic (exact) mass is 514 g/mol. The number of piperidine rings is 1. The van der Waals surface area contributed by atoms with Crippen LogP contribution >= 0.6 is 0 Å². The molecule has 2 aromatic carbocycles. The fourth-order valence-corrected chi connectivity index (χ4v) is 6.41. The highest BCUT2D eigenvalue weighted by atomic mass is 32.2. The standard InChI is InChI=1S/C25H30N4O6S/c30-24(18-7-2-1-3-8-18)26-22-10-4-5-11-23(22)27-25(31)19-9-6-16-28(17-19)36(34,35)21-14-12-20(13-15-21)29(32)33/h1-3,7-8,12-15,19,22-23H,4-6,9-11,16-17H2,(H,26,30)(H,27,31)/t19?,22-,23?/m1/s1. The molecule has 1 aliphatic carbocycles. The van der Waals surface area contributed by atoms with Gasteiger partial charge in [0.15, 0.2) is 0 Å². The quantitative estimate of drug-likeness (QED) is 0.430. The Kier molecular flexibility index (Phi) is 8.00. The lowest BCUT2D eigenvalue weighted by Crippen LogP contribution is -2.55. The van der Waals surface area contributed by atoms with Crippen LogP contribution in [0.25, 0.3) is 0 Å². The summed E-state index contributed by atoms with van der Waals surface area (Å²) in [7, 11) is -3.89. The van der Waals surface area contributed by atoms with Crippen molar-refractivity contribution in [1.82, 2.24) is 14.9 Å². The van der Waals surface area contributed by atoms with E-state index in [0.717, 1.165) is 37.8 Å². The highest BCUT2D eigenvalue weighted by molar-refractivity contribution is 7.89. The van der Waals surface area contributed by atoms with E-state index >= 15 is 0 Å². The number of nitrogens with one attached hydrogen (secondary N) is 2. The lowest BCUT2D eigenvalue weighted by atomic mass is 9.89. The summed E-state index contributed by atoms with van der Waals surface area (Å²) in [4.78, 5) is 36.1. The number of nitro groups is 1. The molecule has 1 heterocycles. The Labute approximate surface area is 210 Å². The lowest BCUT2D eigenvalue weighted by molar-refractivity contribution is -0.384. The second kappa shape index (κ2) is 11.2. The van der Waals surface area contributed by atoms with E-state index in [1.165, 1.54) is 16.4 Å². The largest absolute Gasteiger partial charge is 0.351 e. The van der Waals surface area contributed by atoms with Crippen molar-refractivity contribution >= 4 is 27.5 Å². The van der Waals surface area contributed by atoms with Gasteiger partial charge in [-0.1, -0.05) is 31.0 Å². The van der Waals surface area contributed by atoms with Crippen LogP contribution < -0.4 is 10.6 Å². The normalized spacial score (nSPS) is 22.9. The summed E-state index contributed by atoms with van der Waals surface area (Å²) in [6.07, 6.45) is 4.48. The van der Waals surface area contributed by atoms with Gasteiger partial charge < -0.3 is 10.6 Å². The number of hydrogen-bond donors (Lipinski definition) is 2. The summed E-state index contributed by atoms with van der Waals surface area (Å²) in [6, 6.07) is 13.3. The molecule has 1 aliphatic heterocycles. The maximum absolute atomic E-state index is 13.2. The Hall–Kier alpha value is -3.31. The summed E-state index contributed by atoms with van der Waals surface area (Å²) in [5.41, 5.74) is 0.374. The molecular weight excluding hydrogens is 484 g/mol. The zero-order valence-corrected chi connectivity index (χ0v) is 20.7. The third-order valence-corrected chi connectivity index (χ3v) is 8.77. The van der Waals surface area contributed by atoms with Crippen molar-refractivity contribution in [2.24, 2.45) is 5.92 Å². The number of carbonyl (C=O) groups excluding carboxylic acids is 2. The molecule has 1 saturated heterocycles. The summed E-state index contributed by atoms with van der Waals surface area (Å²) in [6.45, 7) is 0.321. The number of sulfonamides is 1. The summed E-state index contributed by atoms with van der Waals surface area (Å²) < 4.78 is 27.5. The smallest absolute Gasteiger partial charge is 0.269 e. The molecule has 2 aromatic rings. The molecule has 3 atom stereocenters. The first-order chi connectivity index (χ1) is 17.3. The maximum Gasteiger partial charge on any atom is 0.269 e. The molecule has 1 saturated carbocycles. The number of hydrogen-bond acceptors (Lipinski definition) is 6. The molecule has 0 radical (unpaired) electrons.